The van der Waals surface area contributed by atoms with E-state index in [4.69, 9.17) is 5.73 Å². The zero-order valence-corrected chi connectivity index (χ0v) is 22.2. The molecule has 208 valence electrons. The van der Waals surface area contributed by atoms with Gasteiger partial charge >= 0.3 is 5.97 Å². The van der Waals surface area contributed by atoms with Crippen LogP contribution in [0.5, 0.6) is 0 Å². The number of benzene rings is 2. The van der Waals surface area contributed by atoms with Crippen LogP contribution in [0.25, 0.3) is 10.9 Å². The quantitative estimate of drug-likeness (QED) is 0.138. The van der Waals surface area contributed by atoms with E-state index in [2.05, 4.69) is 33.6 Å². The van der Waals surface area contributed by atoms with Crippen LogP contribution in [-0.2, 0) is 32.0 Å². The number of hydrogen-bond donors (Lipinski definition) is 8. The van der Waals surface area contributed by atoms with Gasteiger partial charge in [-0.3, -0.25) is 14.4 Å². The number of carboxylic acids is 1. The molecule has 39 heavy (non-hydrogen) atoms. The molecule has 8 N–H and O–H groups in total. The maximum absolute atomic E-state index is 13.2. The van der Waals surface area contributed by atoms with Gasteiger partial charge in [0.05, 0.1) is 6.10 Å². The fraction of sp³-hybridized carbons (Fsp3) is 0.333. The summed E-state index contributed by atoms with van der Waals surface area (Å²) < 4.78 is 0. The Labute approximate surface area is 231 Å². The van der Waals surface area contributed by atoms with Gasteiger partial charge in [-0.05, 0) is 24.1 Å². The summed E-state index contributed by atoms with van der Waals surface area (Å²) in [6, 6.07) is 11.4. The van der Waals surface area contributed by atoms with Crippen molar-refractivity contribution >= 4 is 47.2 Å². The maximum Gasteiger partial charge on any atom is 0.326 e. The first-order chi connectivity index (χ1) is 18.6. The van der Waals surface area contributed by atoms with E-state index in [1.807, 2.05) is 24.3 Å². The van der Waals surface area contributed by atoms with Gasteiger partial charge in [-0.2, -0.15) is 12.6 Å². The molecule has 3 rings (SSSR count). The molecule has 3 aromatic rings. The average Bonchev–Trinajstić information content (AvgIpc) is 3.33. The topological polar surface area (TPSA) is 187 Å². The molecule has 3 amide bonds. The molecule has 0 saturated carbocycles. The number of aliphatic hydroxyl groups is 1. The number of carbonyl (C=O) groups excluding carboxylic acids is 3. The normalized spacial score (nSPS) is 15.0. The van der Waals surface area contributed by atoms with E-state index in [9.17, 15) is 29.4 Å². The van der Waals surface area contributed by atoms with Crippen molar-refractivity contribution in [3.63, 3.8) is 0 Å². The second-order valence-electron chi connectivity index (χ2n) is 9.22. The van der Waals surface area contributed by atoms with E-state index in [0.717, 1.165) is 16.5 Å². The van der Waals surface area contributed by atoms with Crippen molar-refractivity contribution in [3.05, 3.63) is 71.9 Å². The van der Waals surface area contributed by atoms with Crippen molar-refractivity contribution in [2.45, 2.75) is 50.0 Å². The predicted molar refractivity (Wildman–Crippen MR) is 149 cm³/mol. The molecule has 1 heterocycles. The van der Waals surface area contributed by atoms with E-state index < -0.39 is 54.0 Å². The van der Waals surface area contributed by atoms with E-state index >= 15 is 0 Å². The Morgan fingerprint density at radius 3 is 2.10 bits per heavy atom. The Morgan fingerprint density at radius 1 is 0.872 bits per heavy atom. The van der Waals surface area contributed by atoms with Gasteiger partial charge in [0.1, 0.15) is 24.2 Å². The lowest BCUT2D eigenvalue weighted by atomic mass is 10.0. The first-order valence-electron chi connectivity index (χ1n) is 12.4. The first kappa shape index (κ1) is 29.7. The second-order valence-corrected chi connectivity index (χ2v) is 9.59. The molecule has 0 saturated heterocycles. The fourth-order valence-electron chi connectivity index (χ4n) is 4.01. The summed E-state index contributed by atoms with van der Waals surface area (Å²) in [5.41, 5.74) is 8.01. The van der Waals surface area contributed by atoms with Gasteiger partial charge in [-0.15, -0.1) is 0 Å². The van der Waals surface area contributed by atoms with E-state index in [1.54, 1.807) is 36.5 Å². The minimum Gasteiger partial charge on any atom is -0.480 e. The molecule has 5 atom stereocenters. The van der Waals surface area contributed by atoms with Crippen LogP contribution in [-0.4, -0.2) is 74.9 Å². The van der Waals surface area contributed by atoms with Gasteiger partial charge in [0.25, 0.3) is 0 Å². The molecule has 0 aliphatic rings. The highest BCUT2D eigenvalue weighted by atomic mass is 32.1. The van der Waals surface area contributed by atoms with E-state index in [0.29, 0.717) is 5.56 Å². The molecular weight excluding hydrogens is 522 g/mol. The molecule has 1 aromatic heterocycles. The number of carboxylic acid groups (broad SMARTS) is 1. The zero-order valence-electron chi connectivity index (χ0n) is 21.3. The molecule has 0 radical (unpaired) electrons. The van der Waals surface area contributed by atoms with Crippen LogP contribution >= 0.6 is 12.6 Å². The molecule has 0 aliphatic heterocycles. The summed E-state index contributed by atoms with van der Waals surface area (Å²) in [7, 11) is 0. The summed E-state index contributed by atoms with van der Waals surface area (Å²) in [5, 5.41) is 27.8. The van der Waals surface area contributed by atoms with Gasteiger partial charge in [0.2, 0.25) is 17.7 Å². The molecule has 0 fully saturated rings. The van der Waals surface area contributed by atoms with Crippen molar-refractivity contribution in [2.75, 3.05) is 5.75 Å². The highest BCUT2D eigenvalue weighted by Gasteiger charge is 2.31. The summed E-state index contributed by atoms with van der Waals surface area (Å²) >= 11 is 4.17. The molecule has 2 aromatic carbocycles. The van der Waals surface area contributed by atoms with E-state index in [-0.39, 0.29) is 18.6 Å². The third-order valence-electron chi connectivity index (χ3n) is 6.27. The Kier molecular flexibility index (Phi) is 10.5. The van der Waals surface area contributed by atoms with Crippen LogP contribution in [0.1, 0.15) is 18.1 Å². The Hall–Kier alpha value is -3.87. The van der Waals surface area contributed by atoms with Crippen LogP contribution in [0, 0.1) is 0 Å². The lowest BCUT2D eigenvalue weighted by Gasteiger charge is -2.25. The third kappa shape index (κ3) is 8.06. The number of fused-ring (bicyclic) bond motifs is 1. The monoisotopic (exact) mass is 555 g/mol. The van der Waals surface area contributed by atoms with Gasteiger partial charge < -0.3 is 36.9 Å². The largest absolute Gasteiger partial charge is 0.480 e. The molecule has 5 unspecified atom stereocenters. The third-order valence-corrected chi connectivity index (χ3v) is 6.63. The van der Waals surface area contributed by atoms with E-state index in [1.165, 1.54) is 6.92 Å². The smallest absolute Gasteiger partial charge is 0.326 e. The van der Waals surface area contributed by atoms with Crippen molar-refractivity contribution < 1.29 is 29.4 Å². The molecule has 11 nitrogen and oxygen atoms in total. The highest BCUT2D eigenvalue weighted by Crippen LogP contribution is 2.19. The van der Waals surface area contributed by atoms with Gasteiger partial charge in [0, 0.05) is 35.7 Å². The van der Waals surface area contributed by atoms with Crippen LogP contribution < -0.4 is 21.7 Å². The number of para-hydroxylation sites is 1. The minimum atomic E-state index is -1.26. The van der Waals surface area contributed by atoms with Crippen molar-refractivity contribution in [3.8, 4) is 0 Å². The van der Waals surface area contributed by atoms with Crippen LogP contribution in [0.4, 0.5) is 0 Å². The van der Waals surface area contributed by atoms with Crippen molar-refractivity contribution in [1.82, 2.24) is 20.9 Å². The summed E-state index contributed by atoms with van der Waals surface area (Å²) in [6.45, 7) is 1.35. The predicted octanol–water partition coefficient (Wildman–Crippen LogP) is 0.130. The first-order valence-corrected chi connectivity index (χ1v) is 13.0. The number of H-pyrrole nitrogens is 1. The maximum atomic E-state index is 13.2. The Balaban J connectivity index is 1.72. The van der Waals surface area contributed by atoms with Crippen molar-refractivity contribution in [1.29, 1.82) is 0 Å². The standard InChI is InChI=1S/C27H33N5O6S/c1-15(33)23(28)26(36)30-20(11-16-7-3-2-4-8-16)24(34)32-22(14-39)25(35)31-21(27(37)38)12-17-13-29-19-10-6-5-9-18(17)19/h2-10,13,15,20-23,29,33,39H,11-12,14,28H2,1H3,(H,30,36)(H,31,35)(H,32,34)(H,37,38). The lowest BCUT2D eigenvalue weighted by Crippen LogP contribution is -2.59. The number of aliphatic carboxylic acids is 1. The summed E-state index contributed by atoms with van der Waals surface area (Å²) in [5.74, 6) is -3.54. The van der Waals surface area contributed by atoms with Gasteiger partial charge in [0.15, 0.2) is 0 Å². The highest BCUT2D eigenvalue weighted by molar-refractivity contribution is 7.80. The zero-order chi connectivity index (χ0) is 28.5. The van der Waals surface area contributed by atoms with Gasteiger partial charge in [-0.1, -0.05) is 48.5 Å². The number of thiol groups is 1. The molecular formula is C27H33N5O6S. The number of aliphatic hydroxyl groups excluding tert-OH is 1. The number of hydrogen-bond acceptors (Lipinski definition) is 7. The number of rotatable bonds is 13. The van der Waals surface area contributed by atoms with Gasteiger partial charge in [-0.25, -0.2) is 4.79 Å². The number of nitrogens with one attached hydrogen (secondary N) is 4. The molecule has 12 heteroatoms. The number of carbonyl (C=O) groups is 4. The van der Waals surface area contributed by atoms with Crippen molar-refractivity contribution in [2.24, 2.45) is 5.73 Å². The molecule has 0 bridgehead atoms. The Morgan fingerprint density at radius 2 is 1.46 bits per heavy atom. The lowest BCUT2D eigenvalue weighted by molar-refractivity contribution is -0.142. The minimum absolute atomic E-state index is 0.0161. The average molecular weight is 556 g/mol. The number of aromatic amines is 1. The van der Waals surface area contributed by atoms with Crippen LogP contribution in [0.2, 0.25) is 0 Å². The fourth-order valence-corrected chi connectivity index (χ4v) is 4.26. The van der Waals surface area contributed by atoms with Crippen LogP contribution in [0.15, 0.2) is 60.8 Å². The summed E-state index contributed by atoms with van der Waals surface area (Å²) in [6.07, 6.45) is 0.651. The molecule has 0 spiro atoms. The molecule has 0 aliphatic carbocycles. The number of nitrogens with two attached hydrogens (primary N) is 1. The number of aromatic nitrogens is 1. The second kappa shape index (κ2) is 13.8. The Bertz CT molecular complexity index is 1300. The SMILES string of the molecule is CC(O)C(N)C(=O)NC(Cc1ccccc1)C(=O)NC(CS)C(=O)NC(Cc1c[nH]c2ccccc12)C(=O)O. The van der Waals surface area contributed by atoms with Crippen LogP contribution in [0.3, 0.4) is 0 Å². The summed E-state index contributed by atoms with van der Waals surface area (Å²) in [4.78, 5) is 53.8. The number of amides is 3.